The standard InChI is InChI=1S/C14H14N2O/c1-2-11-3-5-12(6-4-11)9-14(17)13-7-8-15-16-10-13/h3-8,10H,2,9H2,1H3. The van der Waals surface area contributed by atoms with Gasteiger partial charge in [0.1, 0.15) is 0 Å². The highest BCUT2D eigenvalue weighted by Gasteiger charge is 2.06. The van der Waals surface area contributed by atoms with Gasteiger partial charge in [-0.2, -0.15) is 10.2 Å². The lowest BCUT2D eigenvalue weighted by molar-refractivity contribution is 0.0992. The first-order chi connectivity index (χ1) is 8.29. The van der Waals surface area contributed by atoms with Crippen molar-refractivity contribution in [1.29, 1.82) is 0 Å². The monoisotopic (exact) mass is 226 g/mol. The summed E-state index contributed by atoms with van der Waals surface area (Å²) < 4.78 is 0. The zero-order chi connectivity index (χ0) is 12.1. The second-order valence-electron chi connectivity index (χ2n) is 3.90. The SMILES string of the molecule is CCc1ccc(CC(=O)c2ccnnc2)cc1. The summed E-state index contributed by atoms with van der Waals surface area (Å²) in [5.74, 6) is 0.0733. The van der Waals surface area contributed by atoms with Gasteiger partial charge < -0.3 is 0 Å². The van der Waals surface area contributed by atoms with Gasteiger partial charge in [0.15, 0.2) is 5.78 Å². The van der Waals surface area contributed by atoms with Crippen molar-refractivity contribution >= 4 is 5.78 Å². The van der Waals surface area contributed by atoms with Crippen LogP contribution in [0.15, 0.2) is 42.7 Å². The lowest BCUT2D eigenvalue weighted by Crippen LogP contribution is -2.04. The molecule has 3 heteroatoms. The van der Waals surface area contributed by atoms with Crippen LogP contribution in [0.3, 0.4) is 0 Å². The first kappa shape index (κ1) is 11.5. The van der Waals surface area contributed by atoms with Gasteiger partial charge in [0, 0.05) is 12.0 Å². The quantitative estimate of drug-likeness (QED) is 0.752. The van der Waals surface area contributed by atoms with E-state index in [1.807, 2.05) is 12.1 Å². The van der Waals surface area contributed by atoms with E-state index in [-0.39, 0.29) is 5.78 Å². The molecular weight excluding hydrogens is 212 g/mol. The summed E-state index contributed by atoms with van der Waals surface area (Å²) in [7, 11) is 0. The number of carbonyl (C=O) groups excluding carboxylic acids is 1. The topological polar surface area (TPSA) is 42.9 Å². The number of hydrogen-bond donors (Lipinski definition) is 0. The average molecular weight is 226 g/mol. The molecule has 0 aliphatic rings. The fourth-order valence-electron chi connectivity index (χ4n) is 1.64. The minimum absolute atomic E-state index is 0.0733. The number of aromatic nitrogens is 2. The van der Waals surface area contributed by atoms with E-state index in [9.17, 15) is 4.79 Å². The van der Waals surface area contributed by atoms with Gasteiger partial charge in [0.25, 0.3) is 0 Å². The fraction of sp³-hybridized carbons (Fsp3) is 0.214. The summed E-state index contributed by atoms with van der Waals surface area (Å²) in [6.07, 6.45) is 4.47. The summed E-state index contributed by atoms with van der Waals surface area (Å²) >= 11 is 0. The first-order valence-corrected chi connectivity index (χ1v) is 5.67. The molecule has 1 aromatic carbocycles. The molecular formula is C14H14N2O. The molecule has 1 heterocycles. The molecule has 2 aromatic rings. The summed E-state index contributed by atoms with van der Waals surface area (Å²) in [4.78, 5) is 11.9. The van der Waals surface area contributed by atoms with Crippen molar-refractivity contribution in [3.05, 3.63) is 59.4 Å². The van der Waals surface area contributed by atoms with Crippen LogP contribution in [0.4, 0.5) is 0 Å². The van der Waals surface area contributed by atoms with Gasteiger partial charge in [-0.1, -0.05) is 31.2 Å². The molecule has 0 atom stereocenters. The molecule has 0 aliphatic heterocycles. The Morgan fingerprint density at radius 1 is 1.06 bits per heavy atom. The minimum Gasteiger partial charge on any atom is -0.294 e. The van der Waals surface area contributed by atoms with Crippen LogP contribution in [0.25, 0.3) is 0 Å². The van der Waals surface area contributed by atoms with E-state index in [0.29, 0.717) is 12.0 Å². The number of rotatable bonds is 4. The molecule has 0 saturated heterocycles. The van der Waals surface area contributed by atoms with Crippen LogP contribution in [0, 0.1) is 0 Å². The van der Waals surface area contributed by atoms with Crippen molar-refractivity contribution in [2.45, 2.75) is 19.8 Å². The molecule has 0 aliphatic carbocycles. The Hall–Kier alpha value is -2.03. The summed E-state index contributed by atoms with van der Waals surface area (Å²) in [5.41, 5.74) is 2.93. The number of carbonyl (C=O) groups is 1. The molecule has 1 aromatic heterocycles. The molecule has 0 bridgehead atoms. The Morgan fingerprint density at radius 2 is 1.76 bits per heavy atom. The predicted molar refractivity (Wildman–Crippen MR) is 65.9 cm³/mol. The van der Waals surface area contributed by atoms with Crippen molar-refractivity contribution in [2.75, 3.05) is 0 Å². The second-order valence-corrected chi connectivity index (χ2v) is 3.90. The van der Waals surface area contributed by atoms with Crippen LogP contribution in [0.5, 0.6) is 0 Å². The third-order valence-electron chi connectivity index (χ3n) is 2.70. The van der Waals surface area contributed by atoms with Gasteiger partial charge in [-0.15, -0.1) is 0 Å². The zero-order valence-corrected chi connectivity index (χ0v) is 9.76. The van der Waals surface area contributed by atoms with E-state index in [1.54, 1.807) is 6.07 Å². The zero-order valence-electron chi connectivity index (χ0n) is 9.76. The van der Waals surface area contributed by atoms with Crippen LogP contribution < -0.4 is 0 Å². The predicted octanol–water partition coefficient (Wildman–Crippen LogP) is 2.46. The minimum atomic E-state index is 0.0733. The van der Waals surface area contributed by atoms with Crippen LogP contribution in [-0.2, 0) is 12.8 Å². The molecule has 2 rings (SSSR count). The van der Waals surface area contributed by atoms with Crippen molar-refractivity contribution in [3.8, 4) is 0 Å². The molecule has 0 amide bonds. The summed E-state index contributed by atoms with van der Waals surface area (Å²) in [6, 6.07) is 9.83. The van der Waals surface area contributed by atoms with E-state index < -0.39 is 0 Å². The highest BCUT2D eigenvalue weighted by molar-refractivity contribution is 5.97. The maximum Gasteiger partial charge on any atom is 0.168 e. The van der Waals surface area contributed by atoms with Crippen LogP contribution in [0.1, 0.15) is 28.4 Å². The molecule has 86 valence electrons. The normalized spacial score (nSPS) is 10.2. The molecule has 0 radical (unpaired) electrons. The highest BCUT2D eigenvalue weighted by atomic mass is 16.1. The van der Waals surface area contributed by atoms with E-state index in [0.717, 1.165) is 12.0 Å². The van der Waals surface area contributed by atoms with E-state index in [4.69, 9.17) is 0 Å². The van der Waals surface area contributed by atoms with Crippen molar-refractivity contribution in [3.63, 3.8) is 0 Å². The number of hydrogen-bond acceptors (Lipinski definition) is 3. The number of aryl methyl sites for hydroxylation is 1. The van der Waals surface area contributed by atoms with Crippen LogP contribution in [-0.4, -0.2) is 16.0 Å². The number of nitrogens with zero attached hydrogens (tertiary/aromatic N) is 2. The van der Waals surface area contributed by atoms with Crippen molar-refractivity contribution in [1.82, 2.24) is 10.2 Å². The van der Waals surface area contributed by atoms with Gasteiger partial charge in [0.05, 0.1) is 12.4 Å². The van der Waals surface area contributed by atoms with Gasteiger partial charge in [-0.3, -0.25) is 4.79 Å². The van der Waals surface area contributed by atoms with E-state index in [1.165, 1.54) is 18.0 Å². The smallest absolute Gasteiger partial charge is 0.168 e. The summed E-state index contributed by atoms with van der Waals surface area (Å²) in [5, 5.41) is 7.36. The second kappa shape index (κ2) is 5.34. The largest absolute Gasteiger partial charge is 0.294 e. The molecule has 0 saturated carbocycles. The maximum absolute atomic E-state index is 11.9. The molecule has 0 fully saturated rings. The lowest BCUT2D eigenvalue weighted by atomic mass is 10.0. The maximum atomic E-state index is 11.9. The molecule has 0 unspecified atom stereocenters. The Morgan fingerprint density at radius 3 is 2.35 bits per heavy atom. The van der Waals surface area contributed by atoms with Gasteiger partial charge in [-0.25, -0.2) is 0 Å². The van der Waals surface area contributed by atoms with Crippen LogP contribution >= 0.6 is 0 Å². The van der Waals surface area contributed by atoms with E-state index in [2.05, 4.69) is 29.3 Å². The van der Waals surface area contributed by atoms with Gasteiger partial charge >= 0.3 is 0 Å². The Bertz CT molecular complexity index is 491. The Balaban J connectivity index is 2.08. The number of ketones is 1. The van der Waals surface area contributed by atoms with Gasteiger partial charge in [-0.05, 0) is 23.6 Å². The Labute approximate surface area is 101 Å². The number of benzene rings is 1. The molecule has 17 heavy (non-hydrogen) atoms. The van der Waals surface area contributed by atoms with Crippen LogP contribution in [0.2, 0.25) is 0 Å². The first-order valence-electron chi connectivity index (χ1n) is 5.67. The fourth-order valence-corrected chi connectivity index (χ4v) is 1.64. The van der Waals surface area contributed by atoms with Gasteiger partial charge in [0.2, 0.25) is 0 Å². The van der Waals surface area contributed by atoms with Crippen molar-refractivity contribution in [2.24, 2.45) is 0 Å². The Kier molecular flexibility index (Phi) is 3.60. The third-order valence-corrected chi connectivity index (χ3v) is 2.70. The third kappa shape index (κ3) is 2.97. The highest BCUT2D eigenvalue weighted by Crippen LogP contribution is 2.08. The molecule has 0 spiro atoms. The number of Topliss-reactive ketones (excluding diaryl/α,β-unsaturated/α-hetero) is 1. The van der Waals surface area contributed by atoms with E-state index >= 15 is 0 Å². The van der Waals surface area contributed by atoms with Crippen molar-refractivity contribution < 1.29 is 4.79 Å². The summed E-state index contributed by atoms with van der Waals surface area (Å²) in [6.45, 7) is 2.11. The average Bonchev–Trinajstić information content (AvgIpc) is 2.40. The molecule has 0 N–H and O–H groups in total. The lowest BCUT2D eigenvalue weighted by Gasteiger charge is -2.02. The molecule has 3 nitrogen and oxygen atoms in total.